The van der Waals surface area contributed by atoms with Gasteiger partial charge in [0.05, 0.1) is 19.9 Å². The van der Waals surface area contributed by atoms with Crippen molar-refractivity contribution in [3.8, 4) is 22.8 Å². The van der Waals surface area contributed by atoms with Gasteiger partial charge in [0.15, 0.2) is 11.5 Å². The second-order valence-electron chi connectivity index (χ2n) is 7.89. The molecule has 0 saturated carbocycles. The molecule has 1 aliphatic rings. The van der Waals surface area contributed by atoms with Crippen molar-refractivity contribution in [2.45, 2.75) is 39.7 Å². The smallest absolute Gasteiger partial charge is 0.350 e. The number of methoxy groups -OCH3 is 2. The fourth-order valence-corrected chi connectivity index (χ4v) is 4.08. The highest BCUT2D eigenvalue weighted by Gasteiger charge is 2.22. The molecule has 0 fully saturated rings. The largest absolute Gasteiger partial charge is 0.493 e. The van der Waals surface area contributed by atoms with E-state index in [1.165, 1.54) is 5.56 Å². The van der Waals surface area contributed by atoms with Gasteiger partial charge in [0, 0.05) is 23.9 Å². The van der Waals surface area contributed by atoms with Crippen LogP contribution in [-0.2, 0) is 13.0 Å². The molecule has 2 aromatic carbocycles. The van der Waals surface area contributed by atoms with Gasteiger partial charge in [-0.1, -0.05) is 32.0 Å². The minimum absolute atomic E-state index is 0. The predicted molar refractivity (Wildman–Crippen MR) is 127 cm³/mol. The van der Waals surface area contributed by atoms with E-state index in [1.807, 2.05) is 18.2 Å². The average Bonchev–Trinajstić information content (AvgIpc) is 2.73. The van der Waals surface area contributed by atoms with Gasteiger partial charge < -0.3 is 14.8 Å². The molecule has 0 radical (unpaired) electrons. The summed E-state index contributed by atoms with van der Waals surface area (Å²) in [5, 5.41) is 3.41. The summed E-state index contributed by atoms with van der Waals surface area (Å²) in [6.45, 7) is 6.97. The Morgan fingerprint density at radius 2 is 1.81 bits per heavy atom. The van der Waals surface area contributed by atoms with Gasteiger partial charge in [0.2, 0.25) is 0 Å². The van der Waals surface area contributed by atoms with E-state index in [-0.39, 0.29) is 18.1 Å². The highest BCUT2D eigenvalue weighted by molar-refractivity contribution is 5.85. The second kappa shape index (κ2) is 9.02. The van der Waals surface area contributed by atoms with Crippen LogP contribution >= 0.6 is 12.4 Å². The molecule has 4 rings (SSSR count). The summed E-state index contributed by atoms with van der Waals surface area (Å²) in [6.07, 6.45) is 0.742. The Kier molecular flexibility index (Phi) is 6.60. The van der Waals surface area contributed by atoms with Crippen molar-refractivity contribution in [1.29, 1.82) is 0 Å². The van der Waals surface area contributed by atoms with Gasteiger partial charge >= 0.3 is 5.69 Å². The van der Waals surface area contributed by atoms with E-state index in [9.17, 15) is 4.79 Å². The Morgan fingerprint density at radius 1 is 1.10 bits per heavy atom. The van der Waals surface area contributed by atoms with Crippen LogP contribution in [0.25, 0.3) is 11.3 Å². The zero-order chi connectivity index (χ0) is 21.4. The molecule has 31 heavy (non-hydrogen) atoms. The Hall–Kier alpha value is -2.99. The standard InChI is InChI=1S/C24H27N3O3.ClH/c1-14(2)17-8-6-7-15(3)23(17)25-22-13-19-18-12-21(30-5)20(29-4)11-16(18)9-10-27(19)24(28)26-22;/h6-8,11-14H,9-10H2,1-5H3,(H,25,26,28);1H. The van der Waals surface area contributed by atoms with Gasteiger partial charge in [0.1, 0.15) is 5.82 Å². The lowest BCUT2D eigenvalue weighted by molar-refractivity contribution is 0.354. The first-order chi connectivity index (χ1) is 14.4. The van der Waals surface area contributed by atoms with Crippen LogP contribution < -0.4 is 20.5 Å². The summed E-state index contributed by atoms with van der Waals surface area (Å²) < 4.78 is 12.7. The van der Waals surface area contributed by atoms with E-state index in [2.05, 4.69) is 49.3 Å². The number of hydrogen-bond donors (Lipinski definition) is 1. The quantitative estimate of drug-likeness (QED) is 0.598. The normalized spacial score (nSPS) is 11.9. The van der Waals surface area contributed by atoms with Crippen LogP contribution in [-0.4, -0.2) is 23.8 Å². The molecule has 1 aliphatic heterocycles. The van der Waals surface area contributed by atoms with Gasteiger partial charge in [-0.3, -0.25) is 4.57 Å². The Bertz CT molecular complexity index is 1170. The van der Waals surface area contributed by atoms with Crippen LogP contribution in [0, 0.1) is 6.92 Å². The molecule has 164 valence electrons. The van der Waals surface area contributed by atoms with Crippen LogP contribution in [0.5, 0.6) is 11.5 Å². The van der Waals surface area contributed by atoms with E-state index in [0.29, 0.717) is 29.8 Å². The maximum atomic E-state index is 12.8. The number of aryl methyl sites for hydroxylation is 2. The lowest BCUT2D eigenvalue weighted by atomic mass is 9.96. The zero-order valence-corrected chi connectivity index (χ0v) is 19.3. The van der Waals surface area contributed by atoms with Crippen molar-refractivity contribution in [2.24, 2.45) is 0 Å². The van der Waals surface area contributed by atoms with E-state index in [4.69, 9.17) is 9.47 Å². The van der Waals surface area contributed by atoms with Gasteiger partial charge in [-0.25, -0.2) is 4.79 Å². The predicted octanol–water partition coefficient (Wildman–Crippen LogP) is 5.08. The summed E-state index contributed by atoms with van der Waals surface area (Å²) in [7, 11) is 3.25. The Balaban J connectivity index is 0.00000272. The number of ether oxygens (including phenoxy) is 2. The van der Waals surface area contributed by atoms with Crippen LogP contribution in [0.2, 0.25) is 0 Å². The first-order valence-electron chi connectivity index (χ1n) is 10.2. The number of fused-ring (bicyclic) bond motifs is 3. The Labute approximate surface area is 188 Å². The van der Waals surface area contributed by atoms with Crippen molar-refractivity contribution in [3.05, 3.63) is 63.6 Å². The Morgan fingerprint density at radius 3 is 2.48 bits per heavy atom. The first kappa shape index (κ1) is 22.7. The van der Waals surface area contributed by atoms with Crippen LogP contribution in [0.3, 0.4) is 0 Å². The van der Waals surface area contributed by atoms with Gasteiger partial charge in [-0.2, -0.15) is 4.98 Å². The molecular weight excluding hydrogens is 414 g/mol. The number of benzene rings is 2. The van der Waals surface area contributed by atoms with Gasteiger partial charge in [-0.15, -0.1) is 12.4 Å². The number of para-hydroxylation sites is 1. The van der Waals surface area contributed by atoms with Crippen LogP contribution in [0.15, 0.2) is 41.2 Å². The van der Waals surface area contributed by atoms with Gasteiger partial charge in [0.25, 0.3) is 0 Å². The van der Waals surface area contributed by atoms with Gasteiger partial charge in [-0.05, 0) is 48.1 Å². The minimum atomic E-state index is -0.255. The van der Waals surface area contributed by atoms with Crippen molar-refractivity contribution >= 4 is 23.9 Å². The summed E-state index contributed by atoms with van der Waals surface area (Å²) in [4.78, 5) is 17.1. The second-order valence-corrected chi connectivity index (χ2v) is 7.89. The van der Waals surface area contributed by atoms with Crippen molar-refractivity contribution in [1.82, 2.24) is 9.55 Å². The van der Waals surface area contributed by atoms with E-state index in [1.54, 1.807) is 18.8 Å². The molecule has 0 bridgehead atoms. The number of nitrogens with one attached hydrogen (secondary N) is 1. The van der Waals surface area contributed by atoms with Crippen molar-refractivity contribution in [2.75, 3.05) is 19.5 Å². The molecule has 3 aromatic rings. The summed E-state index contributed by atoms with van der Waals surface area (Å²) in [6, 6.07) is 12.1. The number of aromatic nitrogens is 2. The molecule has 0 spiro atoms. The highest BCUT2D eigenvalue weighted by Crippen LogP contribution is 2.38. The topological polar surface area (TPSA) is 65.4 Å². The molecule has 0 saturated heterocycles. The van der Waals surface area contributed by atoms with E-state index >= 15 is 0 Å². The number of nitrogens with zero attached hydrogens (tertiary/aromatic N) is 2. The van der Waals surface area contributed by atoms with Crippen molar-refractivity contribution in [3.63, 3.8) is 0 Å². The molecular formula is C24H28ClN3O3. The average molecular weight is 442 g/mol. The van der Waals surface area contributed by atoms with E-state index in [0.717, 1.165) is 34.5 Å². The molecule has 1 aromatic heterocycles. The SMILES string of the molecule is COc1cc2c(cc1OC)-c1cc(Nc3c(C)cccc3C(C)C)nc(=O)n1CC2.Cl. The molecule has 0 amide bonds. The lowest BCUT2D eigenvalue weighted by Gasteiger charge is -2.24. The third-order valence-electron chi connectivity index (χ3n) is 5.68. The third-order valence-corrected chi connectivity index (χ3v) is 5.68. The summed E-state index contributed by atoms with van der Waals surface area (Å²) in [5.74, 6) is 2.24. The number of halogens is 1. The minimum Gasteiger partial charge on any atom is -0.493 e. The molecule has 0 aliphatic carbocycles. The maximum absolute atomic E-state index is 12.8. The first-order valence-corrected chi connectivity index (χ1v) is 10.2. The fourth-order valence-electron chi connectivity index (χ4n) is 4.08. The number of rotatable bonds is 5. The third kappa shape index (κ3) is 4.12. The maximum Gasteiger partial charge on any atom is 0.350 e. The van der Waals surface area contributed by atoms with E-state index < -0.39 is 0 Å². The van der Waals surface area contributed by atoms with Crippen LogP contribution in [0.1, 0.15) is 36.5 Å². The fraction of sp³-hybridized carbons (Fsp3) is 0.333. The highest BCUT2D eigenvalue weighted by atomic mass is 35.5. The molecule has 1 N–H and O–H groups in total. The monoisotopic (exact) mass is 441 g/mol. The molecule has 7 heteroatoms. The lowest BCUT2D eigenvalue weighted by Crippen LogP contribution is -2.29. The van der Waals surface area contributed by atoms with Crippen LogP contribution in [0.4, 0.5) is 11.5 Å². The van der Waals surface area contributed by atoms with Crippen molar-refractivity contribution < 1.29 is 9.47 Å². The molecule has 0 unspecified atom stereocenters. The molecule has 6 nitrogen and oxygen atoms in total. The molecule has 0 atom stereocenters. The number of anilines is 2. The summed E-state index contributed by atoms with van der Waals surface area (Å²) >= 11 is 0. The molecule has 2 heterocycles. The zero-order valence-electron chi connectivity index (χ0n) is 18.5. The summed E-state index contributed by atoms with van der Waals surface area (Å²) in [5.41, 5.74) is 5.99. The number of hydrogen-bond acceptors (Lipinski definition) is 5.